The minimum absolute atomic E-state index is 0.0460. The number of hydrogen-bond donors (Lipinski definition) is 3. The van der Waals surface area contributed by atoms with E-state index in [1.165, 1.54) is 12.1 Å². The summed E-state index contributed by atoms with van der Waals surface area (Å²) in [6, 6.07) is 20.2. The van der Waals surface area contributed by atoms with Crippen LogP contribution in [0.2, 0.25) is 0 Å². The Balaban J connectivity index is 1.51. The van der Waals surface area contributed by atoms with Crippen LogP contribution in [0.4, 0.5) is 11.4 Å². The van der Waals surface area contributed by atoms with Crippen LogP contribution in [0.3, 0.4) is 0 Å². The molecule has 3 aromatic rings. The van der Waals surface area contributed by atoms with Gasteiger partial charge in [-0.2, -0.15) is 0 Å². The van der Waals surface area contributed by atoms with E-state index in [2.05, 4.69) is 10.6 Å². The molecule has 0 saturated carbocycles. The summed E-state index contributed by atoms with van der Waals surface area (Å²) in [6.07, 6.45) is 0. The number of nitrogens with zero attached hydrogens (tertiary/aromatic N) is 1. The maximum Gasteiger partial charge on any atom is 0.279 e. The number of anilines is 2. The number of primary amides is 1. The predicted molar refractivity (Wildman–Crippen MR) is 133 cm³/mol. The average molecular weight is 489 g/mol. The Labute approximate surface area is 206 Å². The second-order valence-corrected chi connectivity index (χ2v) is 8.30. The molecule has 3 aromatic carbocycles. The minimum atomic E-state index is -0.589. The van der Waals surface area contributed by atoms with E-state index < -0.39 is 23.6 Å². The predicted octanol–water partition coefficient (Wildman–Crippen LogP) is 3.78. The number of rotatable bonds is 7. The van der Waals surface area contributed by atoms with Crippen molar-refractivity contribution >= 4 is 46.6 Å². The van der Waals surface area contributed by atoms with Crippen LogP contribution in [0.1, 0.15) is 31.8 Å². The normalized spacial score (nSPS) is 13.3. The molecule has 176 valence electrons. The third-order valence-corrected chi connectivity index (χ3v) is 5.83. The van der Waals surface area contributed by atoms with Gasteiger partial charge in [0.05, 0.1) is 6.54 Å². The molecule has 4 N–H and O–H groups in total. The van der Waals surface area contributed by atoms with Gasteiger partial charge in [-0.3, -0.25) is 24.1 Å². The number of carbonyl (C=O) groups is 4. The summed E-state index contributed by atoms with van der Waals surface area (Å²) < 4.78 is 0. The van der Waals surface area contributed by atoms with Crippen LogP contribution in [-0.4, -0.2) is 28.5 Å². The molecule has 35 heavy (non-hydrogen) atoms. The number of benzene rings is 3. The van der Waals surface area contributed by atoms with Crippen LogP contribution >= 0.6 is 11.6 Å². The number of amides is 4. The zero-order valence-corrected chi connectivity index (χ0v) is 19.4. The molecular formula is C26H21ClN4O4. The Morgan fingerprint density at radius 3 is 2.23 bits per heavy atom. The van der Waals surface area contributed by atoms with E-state index in [1.807, 2.05) is 30.3 Å². The Morgan fingerprint density at radius 1 is 0.914 bits per heavy atom. The molecule has 0 atom stereocenters. The summed E-state index contributed by atoms with van der Waals surface area (Å²) in [6.45, 7) is 1.89. The molecule has 4 rings (SSSR count). The van der Waals surface area contributed by atoms with Crippen molar-refractivity contribution in [2.75, 3.05) is 10.6 Å². The fourth-order valence-electron chi connectivity index (χ4n) is 3.52. The van der Waals surface area contributed by atoms with E-state index in [0.717, 1.165) is 16.0 Å². The average Bonchev–Trinajstić information content (AvgIpc) is 3.04. The lowest BCUT2D eigenvalue weighted by Gasteiger charge is -2.16. The van der Waals surface area contributed by atoms with Crippen LogP contribution in [0.25, 0.3) is 0 Å². The standard InChI is InChI=1S/C26H21ClN4O4/c1-15-7-8-18(24(33)29-19-11-9-17(10-12-19)23(28)32)13-20(15)30-22-21(27)25(34)31(26(22)35)14-16-5-3-2-4-6-16/h2-13,30H,14H2,1H3,(H2,28,32)(H,29,33). The van der Waals surface area contributed by atoms with Gasteiger partial charge in [0.15, 0.2) is 0 Å². The first-order chi connectivity index (χ1) is 16.7. The van der Waals surface area contributed by atoms with Crippen LogP contribution in [0, 0.1) is 6.92 Å². The largest absolute Gasteiger partial charge is 0.366 e. The number of nitrogens with two attached hydrogens (primary N) is 1. The lowest BCUT2D eigenvalue weighted by Crippen LogP contribution is -2.31. The molecule has 1 aliphatic rings. The van der Waals surface area contributed by atoms with Crippen molar-refractivity contribution in [3.05, 3.63) is 106 Å². The number of hydrogen-bond acceptors (Lipinski definition) is 5. The van der Waals surface area contributed by atoms with E-state index in [0.29, 0.717) is 22.5 Å². The fraction of sp³-hybridized carbons (Fsp3) is 0.0769. The molecule has 0 aliphatic carbocycles. The molecule has 1 heterocycles. The molecule has 0 aromatic heterocycles. The van der Waals surface area contributed by atoms with E-state index in [-0.39, 0.29) is 17.3 Å². The smallest absolute Gasteiger partial charge is 0.279 e. The van der Waals surface area contributed by atoms with Crippen molar-refractivity contribution in [2.24, 2.45) is 5.73 Å². The molecule has 9 heteroatoms. The first-order valence-corrected chi connectivity index (χ1v) is 11.0. The Morgan fingerprint density at radius 2 is 1.57 bits per heavy atom. The Hall–Kier alpha value is -4.43. The third kappa shape index (κ3) is 5.07. The van der Waals surface area contributed by atoms with E-state index in [4.69, 9.17) is 17.3 Å². The van der Waals surface area contributed by atoms with Gasteiger partial charge in [-0.15, -0.1) is 0 Å². The van der Waals surface area contributed by atoms with Crippen molar-refractivity contribution in [3.8, 4) is 0 Å². The van der Waals surface area contributed by atoms with Gasteiger partial charge in [-0.25, -0.2) is 0 Å². The maximum atomic E-state index is 13.0. The molecule has 0 fully saturated rings. The second kappa shape index (κ2) is 9.82. The van der Waals surface area contributed by atoms with Crippen LogP contribution in [0.5, 0.6) is 0 Å². The highest BCUT2D eigenvalue weighted by Gasteiger charge is 2.38. The fourth-order valence-corrected chi connectivity index (χ4v) is 3.75. The summed E-state index contributed by atoms with van der Waals surface area (Å²) in [5.74, 6) is -2.10. The Kier molecular flexibility index (Phi) is 6.66. The van der Waals surface area contributed by atoms with Crippen molar-refractivity contribution in [3.63, 3.8) is 0 Å². The first-order valence-electron chi connectivity index (χ1n) is 10.6. The number of carbonyl (C=O) groups excluding carboxylic acids is 4. The van der Waals surface area contributed by atoms with E-state index in [9.17, 15) is 19.2 Å². The van der Waals surface area contributed by atoms with E-state index >= 15 is 0 Å². The van der Waals surface area contributed by atoms with Gasteiger partial charge in [0.2, 0.25) is 5.91 Å². The molecule has 0 unspecified atom stereocenters. The van der Waals surface area contributed by atoms with E-state index in [1.54, 1.807) is 37.3 Å². The summed E-state index contributed by atoms with van der Waals surface area (Å²) in [4.78, 5) is 50.7. The van der Waals surface area contributed by atoms with Crippen LogP contribution in [0.15, 0.2) is 83.5 Å². The molecule has 0 spiro atoms. The lowest BCUT2D eigenvalue weighted by atomic mass is 10.1. The molecule has 0 radical (unpaired) electrons. The van der Waals surface area contributed by atoms with Gasteiger partial charge in [0, 0.05) is 22.5 Å². The zero-order valence-electron chi connectivity index (χ0n) is 18.7. The highest BCUT2D eigenvalue weighted by molar-refractivity contribution is 6.48. The van der Waals surface area contributed by atoms with Crippen LogP contribution < -0.4 is 16.4 Å². The van der Waals surface area contributed by atoms with Gasteiger partial charge in [-0.1, -0.05) is 48.0 Å². The molecule has 0 saturated heterocycles. The zero-order chi connectivity index (χ0) is 25.1. The molecule has 1 aliphatic heterocycles. The highest BCUT2D eigenvalue weighted by atomic mass is 35.5. The summed E-state index contributed by atoms with van der Waals surface area (Å²) >= 11 is 6.22. The van der Waals surface area contributed by atoms with Crippen molar-refractivity contribution in [2.45, 2.75) is 13.5 Å². The second-order valence-electron chi connectivity index (χ2n) is 7.92. The third-order valence-electron chi connectivity index (χ3n) is 5.48. The number of halogens is 1. The summed E-state index contributed by atoms with van der Waals surface area (Å²) in [7, 11) is 0. The molecule has 4 amide bonds. The molecule has 8 nitrogen and oxygen atoms in total. The van der Waals surface area contributed by atoms with Gasteiger partial charge in [-0.05, 0) is 54.4 Å². The number of aryl methyl sites for hydroxylation is 1. The Bertz CT molecular complexity index is 1370. The van der Waals surface area contributed by atoms with Gasteiger partial charge in [0.25, 0.3) is 17.7 Å². The maximum absolute atomic E-state index is 13.0. The first kappa shape index (κ1) is 23.7. The molecule has 0 bridgehead atoms. The molecular weight excluding hydrogens is 468 g/mol. The van der Waals surface area contributed by atoms with Crippen molar-refractivity contribution < 1.29 is 19.2 Å². The SMILES string of the molecule is Cc1ccc(C(=O)Nc2ccc(C(N)=O)cc2)cc1NC1=C(Cl)C(=O)N(Cc2ccccc2)C1=O. The van der Waals surface area contributed by atoms with Crippen LogP contribution in [-0.2, 0) is 16.1 Å². The lowest BCUT2D eigenvalue weighted by molar-refractivity contribution is -0.138. The number of nitrogens with one attached hydrogen (secondary N) is 2. The summed E-state index contributed by atoms with van der Waals surface area (Å²) in [5, 5.41) is 5.46. The minimum Gasteiger partial charge on any atom is -0.366 e. The number of imide groups is 1. The quantitative estimate of drug-likeness (QED) is 0.437. The highest BCUT2D eigenvalue weighted by Crippen LogP contribution is 2.29. The van der Waals surface area contributed by atoms with Crippen molar-refractivity contribution in [1.29, 1.82) is 0 Å². The van der Waals surface area contributed by atoms with Gasteiger partial charge in [0.1, 0.15) is 10.7 Å². The topological polar surface area (TPSA) is 122 Å². The van der Waals surface area contributed by atoms with Gasteiger partial charge < -0.3 is 16.4 Å². The van der Waals surface area contributed by atoms with Gasteiger partial charge >= 0.3 is 0 Å². The van der Waals surface area contributed by atoms with Crippen molar-refractivity contribution in [1.82, 2.24) is 4.90 Å². The summed E-state index contributed by atoms with van der Waals surface area (Å²) in [5.41, 5.74) is 8.30. The monoisotopic (exact) mass is 488 g/mol.